The summed E-state index contributed by atoms with van der Waals surface area (Å²) in [6.45, 7) is 0.237. The van der Waals surface area contributed by atoms with Crippen LogP contribution in [0.15, 0.2) is 4.79 Å². The molecule has 0 saturated heterocycles. The van der Waals surface area contributed by atoms with Gasteiger partial charge in [-0.05, 0) is 19.3 Å². The van der Waals surface area contributed by atoms with Gasteiger partial charge in [-0.15, -0.1) is 0 Å². The minimum atomic E-state index is -0.883. The number of aliphatic carboxylic acids is 1. The molecule has 1 aliphatic rings. The highest BCUT2D eigenvalue weighted by atomic mass is 16.4. The number of H-pyrrole nitrogens is 1. The van der Waals surface area contributed by atoms with Gasteiger partial charge in [-0.25, -0.2) is 0 Å². The number of aromatic nitrogens is 2. The van der Waals surface area contributed by atoms with Crippen LogP contribution in [0.25, 0.3) is 0 Å². The highest BCUT2D eigenvalue weighted by molar-refractivity contribution is 5.66. The highest BCUT2D eigenvalue weighted by Crippen LogP contribution is 2.15. The monoisotopic (exact) mass is 196 g/mol. The maximum absolute atomic E-state index is 11.6. The third-order valence-electron chi connectivity index (χ3n) is 2.54. The molecule has 0 aromatic carbocycles. The van der Waals surface area contributed by atoms with Crippen LogP contribution >= 0.6 is 0 Å². The first-order valence-electron chi connectivity index (χ1n) is 4.71. The zero-order valence-corrected chi connectivity index (χ0v) is 7.75. The van der Waals surface area contributed by atoms with Crippen molar-refractivity contribution in [3.05, 3.63) is 21.6 Å². The molecule has 0 fully saturated rings. The van der Waals surface area contributed by atoms with Crippen LogP contribution in [0.1, 0.15) is 24.1 Å². The number of fused-ring (bicyclic) bond motifs is 1. The van der Waals surface area contributed by atoms with Gasteiger partial charge in [-0.1, -0.05) is 0 Å². The molecular formula is C9H12N2O3. The molecule has 0 spiro atoms. The first-order chi connectivity index (χ1) is 6.68. The van der Waals surface area contributed by atoms with Crippen LogP contribution in [0, 0.1) is 0 Å². The summed E-state index contributed by atoms with van der Waals surface area (Å²) in [5.74, 6) is -0.883. The van der Waals surface area contributed by atoms with E-state index in [0.29, 0.717) is 0 Å². The fourth-order valence-corrected chi connectivity index (χ4v) is 1.84. The Morgan fingerprint density at radius 1 is 1.50 bits per heavy atom. The Balaban J connectivity index is 2.20. The Hall–Kier alpha value is -1.52. The molecule has 1 aliphatic carbocycles. The summed E-state index contributed by atoms with van der Waals surface area (Å²) >= 11 is 0. The Morgan fingerprint density at radius 3 is 2.93 bits per heavy atom. The van der Waals surface area contributed by atoms with E-state index in [1.807, 2.05) is 0 Å². The molecule has 5 nitrogen and oxygen atoms in total. The Morgan fingerprint density at radius 2 is 2.29 bits per heavy atom. The molecule has 0 unspecified atom stereocenters. The van der Waals surface area contributed by atoms with Gasteiger partial charge in [0, 0.05) is 11.3 Å². The lowest BCUT2D eigenvalue weighted by atomic mass is 10.3. The molecule has 76 valence electrons. The zero-order valence-electron chi connectivity index (χ0n) is 7.75. The molecule has 2 N–H and O–H groups in total. The van der Waals surface area contributed by atoms with Gasteiger partial charge in [0.1, 0.15) is 0 Å². The SMILES string of the molecule is O=C(O)CCn1[nH]c2c(c1=O)CCC2. The van der Waals surface area contributed by atoms with Crippen molar-refractivity contribution in [3.8, 4) is 0 Å². The van der Waals surface area contributed by atoms with Crippen molar-refractivity contribution in [3.63, 3.8) is 0 Å². The Bertz CT molecular complexity index is 416. The van der Waals surface area contributed by atoms with Crippen LogP contribution < -0.4 is 5.56 Å². The number of hydrogen-bond acceptors (Lipinski definition) is 2. The quantitative estimate of drug-likeness (QED) is 0.722. The van der Waals surface area contributed by atoms with Gasteiger partial charge < -0.3 is 5.11 Å². The third kappa shape index (κ3) is 1.45. The Kier molecular flexibility index (Phi) is 2.15. The van der Waals surface area contributed by atoms with Gasteiger partial charge in [0.05, 0.1) is 13.0 Å². The van der Waals surface area contributed by atoms with E-state index in [2.05, 4.69) is 5.10 Å². The molecule has 0 bridgehead atoms. The molecular weight excluding hydrogens is 184 g/mol. The maximum atomic E-state index is 11.6. The number of nitrogens with one attached hydrogen (secondary N) is 1. The average Bonchev–Trinajstić information content (AvgIpc) is 2.66. The number of aryl methyl sites for hydroxylation is 2. The topological polar surface area (TPSA) is 75.1 Å². The molecule has 0 radical (unpaired) electrons. The number of nitrogens with zero attached hydrogens (tertiary/aromatic N) is 1. The number of aromatic amines is 1. The summed E-state index contributed by atoms with van der Waals surface area (Å²) in [6, 6.07) is 0. The number of carbonyl (C=O) groups is 1. The average molecular weight is 196 g/mol. The van der Waals surface area contributed by atoms with Gasteiger partial charge in [0.25, 0.3) is 5.56 Å². The minimum absolute atomic E-state index is 0.0146. The van der Waals surface area contributed by atoms with Crippen molar-refractivity contribution in [2.75, 3.05) is 0 Å². The largest absolute Gasteiger partial charge is 0.481 e. The lowest BCUT2D eigenvalue weighted by Crippen LogP contribution is -2.20. The third-order valence-corrected chi connectivity index (χ3v) is 2.54. The van der Waals surface area contributed by atoms with E-state index in [1.54, 1.807) is 0 Å². The molecule has 1 heterocycles. The van der Waals surface area contributed by atoms with Crippen molar-refractivity contribution in [1.82, 2.24) is 9.78 Å². The number of rotatable bonds is 3. The maximum Gasteiger partial charge on any atom is 0.305 e. The molecule has 14 heavy (non-hydrogen) atoms. The molecule has 0 amide bonds. The number of carboxylic acid groups (broad SMARTS) is 1. The second-order valence-corrected chi connectivity index (χ2v) is 3.52. The van der Waals surface area contributed by atoms with E-state index in [1.165, 1.54) is 4.68 Å². The van der Waals surface area contributed by atoms with Crippen molar-refractivity contribution in [2.45, 2.75) is 32.2 Å². The van der Waals surface area contributed by atoms with E-state index in [4.69, 9.17) is 5.11 Å². The fraction of sp³-hybridized carbons (Fsp3) is 0.556. The number of hydrogen-bond donors (Lipinski definition) is 2. The van der Waals surface area contributed by atoms with E-state index in [9.17, 15) is 9.59 Å². The minimum Gasteiger partial charge on any atom is -0.481 e. The van der Waals surface area contributed by atoms with Crippen LogP contribution in [-0.2, 0) is 24.2 Å². The van der Waals surface area contributed by atoms with Crippen molar-refractivity contribution >= 4 is 5.97 Å². The summed E-state index contributed by atoms with van der Waals surface area (Å²) in [5.41, 5.74) is 1.79. The second kappa shape index (κ2) is 3.32. The Labute approximate surface area is 80.3 Å². The van der Waals surface area contributed by atoms with Gasteiger partial charge in [0.15, 0.2) is 0 Å². The molecule has 1 aromatic rings. The highest BCUT2D eigenvalue weighted by Gasteiger charge is 2.18. The first-order valence-corrected chi connectivity index (χ1v) is 4.71. The van der Waals surface area contributed by atoms with E-state index < -0.39 is 5.97 Å². The van der Waals surface area contributed by atoms with E-state index in [-0.39, 0.29) is 18.5 Å². The number of carboxylic acids is 1. The second-order valence-electron chi connectivity index (χ2n) is 3.52. The molecule has 0 atom stereocenters. The van der Waals surface area contributed by atoms with Crippen LogP contribution in [0.4, 0.5) is 0 Å². The van der Waals surface area contributed by atoms with Crippen molar-refractivity contribution < 1.29 is 9.90 Å². The van der Waals surface area contributed by atoms with Gasteiger partial charge in [-0.2, -0.15) is 0 Å². The smallest absolute Gasteiger partial charge is 0.305 e. The summed E-state index contributed by atoms with van der Waals surface area (Å²) in [7, 11) is 0. The van der Waals surface area contributed by atoms with E-state index in [0.717, 1.165) is 30.5 Å². The molecule has 2 rings (SSSR count). The summed E-state index contributed by atoms with van der Waals surface area (Å²) in [5, 5.41) is 11.4. The summed E-state index contributed by atoms with van der Waals surface area (Å²) in [6.07, 6.45) is 2.74. The van der Waals surface area contributed by atoms with Gasteiger partial charge in [0.2, 0.25) is 0 Å². The zero-order chi connectivity index (χ0) is 10.1. The first kappa shape index (κ1) is 9.05. The predicted molar refractivity (Wildman–Crippen MR) is 49.3 cm³/mol. The molecule has 5 heteroatoms. The standard InChI is InChI=1S/C9H12N2O3/c12-8(13)4-5-11-9(14)6-2-1-3-7(6)10-11/h10H,1-5H2,(H,12,13). The summed E-state index contributed by atoms with van der Waals surface area (Å²) < 4.78 is 1.40. The molecule has 0 aliphatic heterocycles. The lowest BCUT2D eigenvalue weighted by Gasteiger charge is -1.98. The van der Waals surface area contributed by atoms with Gasteiger partial charge >= 0.3 is 5.97 Å². The lowest BCUT2D eigenvalue weighted by molar-refractivity contribution is -0.137. The van der Waals surface area contributed by atoms with Crippen molar-refractivity contribution in [1.29, 1.82) is 0 Å². The predicted octanol–water partition coefficient (Wildman–Crippen LogP) is 0.140. The van der Waals surface area contributed by atoms with Crippen LogP contribution in [-0.4, -0.2) is 20.9 Å². The summed E-state index contributed by atoms with van der Waals surface area (Å²) in [4.78, 5) is 21.9. The fourth-order valence-electron chi connectivity index (χ4n) is 1.84. The van der Waals surface area contributed by atoms with Crippen LogP contribution in [0.5, 0.6) is 0 Å². The van der Waals surface area contributed by atoms with Gasteiger partial charge in [-0.3, -0.25) is 19.4 Å². The molecule has 1 aromatic heterocycles. The van der Waals surface area contributed by atoms with Crippen molar-refractivity contribution in [2.24, 2.45) is 0 Å². The molecule has 0 saturated carbocycles. The van der Waals surface area contributed by atoms with Crippen LogP contribution in [0.3, 0.4) is 0 Å². The normalized spacial score (nSPS) is 14.3. The van der Waals surface area contributed by atoms with Crippen LogP contribution in [0.2, 0.25) is 0 Å². The van der Waals surface area contributed by atoms with E-state index >= 15 is 0 Å².